The molecule has 1 aliphatic rings. The molecule has 4 N–H and O–H groups in total. The Morgan fingerprint density at radius 2 is 1.79 bits per heavy atom. The normalized spacial score (nSPS) is 14.1. The number of aromatic nitrogens is 2. The maximum Gasteiger partial charge on any atom is 0.408 e. The molecule has 228 valence electrons. The number of hydrogen-bond donors (Lipinski definition) is 4. The van der Waals surface area contributed by atoms with E-state index in [4.69, 9.17) is 21.1 Å². The van der Waals surface area contributed by atoms with Gasteiger partial charge in [-0.2, -0.15) is 4.98 Å². The summed E-state index contributed by atoms with van der Waals surface area (Å²) >= 11 is 6.39. The quantitative estimate of drug-likeness (QED) is 0.148. The van der Waals surface area contributed by atoms with Gasteiger partial charge in [0, 0.05) is 17.1 Å². The van der Waals surface area contributed by atoms with Gasteiger partial charge in [0.15, 0.2) is 5.82 Å². The van der Waals surface area contributed by atoms with Crippen molar-refractivity contribution < 1.29 is 23.6 Å². The topological polar surface area (TPSA) is 144 Å². The summed E-state index contributed by atoms with van der Waals surface area (Å²) in [6.45, 7) is 8.77. The predicted molar refractivity (Wildman–Crippen MR) is 171 cm³/mol. The summed E-state index contributed by atoms with van der Waals surface area (Å²) in [4.78, 5) is 33.7. The van der Waals surface area contributed by atoms with E-state index in [2.05, 4.69) is 31.2 Å². The standard InChI is InChI=1S/C30H36ClN6O5P/c1-29(2,3)42-28(39)37-30(15-16-30)14-13-25(38)33-19-11-12-23(41-4)22(17-19)35-27-32-18-20(31)26(36-27)34-21-9-7-8-10-24(21)43(5,6)40/h7-14,17-18H,15-16H2,1-6H3,(H,33,38)(H,37,39)(H2,32,34,35,36)/b14-13+. The highest BCUT2D eigenvalue weighted by Gasteiger charge is 2.42. The van der Waals surface area contributed by atoms with E-state index in [1.54, 1.807) is 64.4 Å². The molecule has 0 radical (unpaired) electrons. The van der Waals surface area contributed by atoms with Crippen molar-refractivity contribution in [1.82, 2.24) is 15.3 Å². The maximum absolute atomic E-state index is 12.8. The van der Waals surface area contributed by atoms with Crippen molar-refractivity contribution in [2.75, 3.05) is 36.4 Å². The molecule has 1 heterocycles. The van der Waals surface area contributed by atoms with Gasteiger partial charge in [0.05, 0.1) is 30.2 Å². The maximum atomic E-state index is 12.8. The first-order valence-corrected chi connectivity index (χ1v) is 16.5. The predicted octanol–water partition coefficient (Wildman–Crippen LogP) is 6.43. The molecule has 13 heteroatoms. The molecule has 1 aromatic heterocycles. The monoisotopic (exact) mass is 626 g/mol. The summed E-state index contributed by atoms with van der Waals surface area (Å²) in [5, 5.41) is 12.9. The van der Waals surface area contributed by atoms with Crippen molar-refractivity contribution in [3.63, 3.8) is 0 Å². The smallest absolute Gasteiger partial charge is 0.408 e. The molecule has 0 saturated heterocycles. The minimum Gasteiger partial charge on any atom is -0.495 e. The van der Waals surface area contributed by atoms with Crippen molar-refractivity contribution in [1.29, 1.82) is 0 Å². The average molecular weight is 627 g/mol. The summed E-state index contributed by atoms with van der Waals surface area (Å²) in [6, 6.07) is 12.3. The molecule has 0 bridgehead atoms. The van der Waals surface area contributed by atoms with Crippen LogP contribution < -0.4 is 31.3 Å². The van der Waals surface area contributed by atoms with Gasteiger partial charge in [0.25, 0.3) is 0 Å². The van der Waals surface area contributed by atoms with Gasteiger partial charge >= 0.3 is 6.09 Å². The second-order valence-corrected chi connectivity index (χ2v) is 15.1. The minimum atomic E-state index is -2.57. The van der Waals surface area contributed by atoms with E-state index in [0.717, 1.165) is 0 Å². The van der Waals surface area contributed by atoms with Crippen LogP contribution in [0.3, 0.4) is 0 Å². The molecule has 4 rings (SSSR count). The van der Waals surface area contributed by atoms with Crippen LogP contribution in [-0.4, -0.2) is 53.5 Å². The zero-order chi connectivity index (χ0) is 31.4. The number of amides is 2. The number of anilines is 5. The van der Waals surface area contributed by atoms with Gasteiger partial charge in [-0.15, -0.1) is 0 Å². The number of para-hydroxylation sites is 1. The first-order valence-electron chi connectivity index (χ1n) is 13.6. The lowest BCUT2D eigenvalue weighted by Crippen LogP contribution is -2.39. The van der Waals surface area contributed by atoms with Gasteiger partial charge in [-0.3, -0.25) is 4.79 Å². The molecule has 11 nitrogen and oxygen atoms in total. The van der Waals surface area contributed by atoms with Crippen molar-refractivity contribution in [2.45, 2.75) is 44.8 Å². The lowest BCUT2D eigenvalue weighted by molar-refractivity contribution is -0.111. The third-order valence-corrected chi connectivity index (χ3v) is 8.11. The number of hydrogen-bond acceptors (Lipinski definition) is 9. The van der Waals surface area contributed by atoms with Crippen LogP contribution in [0.5, 0.6) is 5.75 Å². The number of methoxy groups -OCH3 is 1. The van der Waals surface area contributed by atoms with Gasteiger partial charge in [0.1, 0.15) is 23.5 Å². The Labute approximate surface area is 256 Å². The van der Waals surface area contributed by atoms with Crippen LogP contribution in [0.1, 0.15) is 33.6 Å². The fourth-order valence-electron chi connectivity index (χ4n) is 4.09. The van der Waals surface area contributed by atoms with Crippen LogP contribution in [0.2, 0.25) is 5.02 Å². The van der Waals surface area contributed by atoms with Gasteiger partial charge in [-0.05, 0) is 77.3 Å². The Bertz CT molecular complexity index is 1600. The van der Waals surface area contributed by atoms with Crippen molar-refractivity contribution >= 4 is 64.9 Å². The molecule has 43 heavy (non-hydrogen) atoms. The first kappa shape index (κ1) is 31.8. The highest BCUT2D eigenvalue weighted by atomic mass is 35.5. The Balaban J connectivity index is 1.47. The summed E-state index contributed by atoms with van der Waals surface area (Å²) in [5.74, 6) is 0.655. The van der Waals surface area contributed by atoms with Gasteiger partial charge in [0.2, 0.25) is 11.9 Å². The number of nitrogens with zero attached hydrogens (tertiary/aromatic N) is 2. The summed E-state index contributed by atoms with van der Waals surface area (Å²) < 4.78 is 23.6. The van der Waals surface area contributed by atoms with Crippen molar-refractivity contribution in [3.05, 3.63) is 65.8 Å². The summed E-state index contributed by atoms with van der Waals surface area (Å²) in [5.41, 5.74) is 0.417. The molecule has 0 atom stereocenters. The van der Waals surface area contributed by atoms with E-state index in [-0.39, 0.29) is 16.9 Å². The van der Waals surface area contributed by atoms with E-state index in [1.807, 2.05) is 18.2 Å². The number of alkyl carbamates (subject to hydrolysis) is 1. The highest BCUT2D eigenvalue weighted by Crippen LogP contribution is 2.39. The van der Waals surface area contributed by atoms with E-state index in [1.165, 1.54) is 19.4 Å². The zero-order valence-corrected chi connectivity index (χ0v) is 26.6. The second kappa shape index (κ2) is 12.7. The number of halogens is 1. The molecule has 1 saturated carbocycles. The van der Waals surface area contributed by atoms with Crippen LogP contribution in [0.4, 0.5) is 33.6 Å². The van der Waals surface area contributed by atoms with Crippen molar-refractivity contribution in [3.8, 4) is 5.75 Å². The average Bonchev–Trinajstić information content (AvgIpc) is 3.67. The lowest BCUT2D eigenvalue weighted by Gasteiger charge is -2.22. The summed E-state index contributed by atoms with van der Waals surface area (Å²) in [7, 11) is -1.05. The van der Waals surface area contributed by atoms with Crippen molar-refractivity contribution in [2.24, 2.45) is 0 Å². The molecular formula is C30H36ClN6O5P. The van der Waals surface area contributed by atoms with Crippen LogP contribution in [0.15, 0.2) is 60.8 Å². The SMILES string of the molecule is COc1ccc(NC(=O)/C=C/C2(NC(=O)OC(C)(C)C)CC2)cc1Nc1ncc(Cl)c(Nc2ccccc2P(C)(C)=O)n1. The molecular weight excluding hydrogens is 591 g/mol. The Morgan fingerprint density at radius 1 is 1.07 bits per heavy atom. The molecule has 0 spiro atoms. The van der Waals surface area contributed by atoms with Crippen LogP contribution in [-0.2, 0) is 14.1 Å². The number of carbonyl (C=O) groups is 2. The van der Waals surface area contributed by atoms with E-state index < -0.39 is 24.4 Å². The number of carbonyl (C=O) groups excluding carboxylic acids is 2. The third-order valence-electron chi connectivity index (χ3n) is 6.29. The largest absolute Gasteiger partial charge is 0.495 e. The van der Waals surface area contributed by atoms with E-state index >= 15 is 0 Å². The first-order chi connectivity index (χ1) is 20.2. The lowest BCUT2D eigenvalue weighted by atomic mass is 10.2. The highest BCUT2D eigenvalue weighted by molar-refractivity contribution is 7.70. The number of rotatable bonds is 10. The summed E-state index contributed by atoms with van der Waals surface area (Å²) in [6.07, 6.45) is 5.42. The van der Waals surface area contributed by atoms with Crippen LogP contribution in [0, 0.1) is 0 Å². The molecule has 3 aromatic rings. The van der Waals surface area contributed by atoms with Gasteiger partial charge in [-0.25, -0.2) is 9.78 Å². The fraction of sp³-hybridized carbons (Fsp3) is 0.333. The minimum absolute atomic E-state index is 0.214. The zero-order valence-electron chi connectivity index (χ0n) is 24.9. The van der Waals surface area contributed by atoms with Crippen LogP contribution in [0.25, 0.3) is 0 Å². The van der Waals surface area contributed by atoms with Crippen LogP contribution >= 0.6 is 18.7 Å². The molecule has 2 aromatic carbocycles. The Kier molecular flexibility index (Phi) is 9.37. The molecule has 1 fully saturated rings. The Hall–Kier alpha value is -4.08. The number of nitrogens with one attached hydrogen (secondary N) is 4. The molecule has 0 unspecified atom stereocenters. The number of ether oxygens (including phenoxy) is 2. The second-order valence-electron chi connectivity index (χ2n) is 11.5. The number of benzene rings is 2. The molecule has 2 amide bonds. The van der Waals surface area contributed by atoms with Gasteiger partial charge in [-0.1, -0.05) is 29.8 Å². The Morgan fingerprint density at radius 3 is 2.44 bits per heavy atom. The molecule has 0 aliphatic heterocycles. The fourth-order valence-corrected chi connectivity index (χ4v) is 5.38. The van der Waals surface area contributed by atoms with Gasteiger partial charge < -0.3 is 35.3 Å². The van der Waals surface area contributed by atoms with E-state index in [0.29, 0.717) is 46.8 Å². The third kappa shape index (κ3) is 8.95. The molecule has 1 aliphatic carbocycles. The van der Waals surface area contributed by atoms with E-state index in [9.17, 15) is 14.2 Å².